The van der Waals surface area contributed by atoms with Gasteiger partial charge in [-0.05, 0) is 79.7 Å². The van der Waals surface area contributed by atoms with Crippen LogP contribution in [0.15, 0.2) is 6.07 Å². The molecule has 0 fully saturated rings. The van der Waals surface area contributed by atoms with Crippen molar-refractivity contribution in [2.45, 2.75) is 413 Å². The summed E-state index contributed by atoms with van der Waals surface area (Å²) in [4.78, 5) is 0. The van der Waals surface area contributed by atoms with Gasteiger partial charge in [0.15, 0.2) is 0 Å². The van der Waals surface area contributed by atoms with Gasteiger partial charge in [-0.2, -0.15) is 0 Å². The first-order chi connectivity index (χ1) is 35.2. The van der Waals surface area contributed by atoms with Gasteiger partial charge in [-0.25, -0.2) is 0 Å². The average Bonchev–Trinajstić information content (AvgIpc) is 3.37. The van der Waals surface area contributed by atoms with E-state index < -0.39 is 0 Å². The fourth-order valence-corrected chi connectivity index (χ4v) is 12.0. The summed E-state index contributed by atoms with van der Waals surface area (Å²) in [6.07, 6.45) is 85.4. The molecule has 0 aliphatic heterocycles. The highest BCUT2D eigenvalue weighted by molar-refractivity contribution is 5.58. The van der Waals surface area contributed by atoms with E-state index in [1.165, 1.54) is 385 Å². The molecule has 0 radical (unpaired) electrons. The minimum atomic E-state index is 1.16. The van der Waals surface area contributed by atoms with Crippen LogP contribution in [0, 0.1) is 0 Å². The topological polar surface area (TPSA) is 26.0 Å². The van der Waals surface area contributed by atoms with Gasteiger partial charge in [-0.3, -0.25) is 0 Å². The largest absolute Gasteiger partial charge is 0.398 e. The van der Waals surface area contributed by atoms with E-state index in [2.05, 4.69) is 33.8 Å². The van der Waals surface area contributed by atoms with Crippen molar-refractivity contribution in [2.24, 2.45) is 0 Å². The number of nitrogen functional groups attached to an aromatic ring is 1. The first kappa shape index (κ1) is 68.0. The highest BCUT2D eigenvalue weighted by Gasteiger charge is 2.17. The van der Waals surface area contributed by atoms with Gasteiger partial charge < -0.3 is 5.73 Å². The van der Waals surface area contributed by atoms with E-state index in [0.717, 1.165) is 5.69 Å². The van der Waals surface area contributed by atoms with E-state index in [-0.39, 0.29) is 0 Å². The molecule has 0 unspecified atom stereocenters. The second-order valence-corrected chi connectivity index (χ2v) is 23.9. The van der Waals surface area contributed by atoms with Crippen molar-refractivity contribution >= 4 is 5.69 Å². The van der Waals surface area contributed by atoms with Crippen molar-refractivity contribution in [3.8, 4) is 0 Å². The monoisotopic (exact) mass is 990 g/mol. The first-order valence-electron chi connectivity index (χ1n) is 34.1. The maximum absolute atomic E-state index is 7.23. The van der Waals surface area contributed by atoms with Crippen LogP contribution < -0.4 is 5.73 Å². The fraction of sp³-hybridized carbons (Fsp3) is 0.914. The van der Waals surface area contributed by atoms with Crippen LogP contribution in [0.4, 0.5) is 5.69 Å². The second-order valence-electron chi connectivity index (χ2n) is 23.9. The molecule has 0 aliphatic rings. The second kappa shape index (κ2) is 56.7. The summed E-state index contributed by atoms with van der Waals surface area (Å²) in [5, 5.41) is 0. The zero-order valence-electron chi connectivity index (χ0n) is 50.1. The highest BCUT2D eigenvalue weighted by atomic mass is 14.6. The molecule has 0 atom stereocenters. The quantitative estimate of drug-likeness (QED) is 0.0511. The lowest BCUT2D eigenvalue weighted by Gasteiger charge is -2.22. The number of hydrogen-bond donors (Lipinski definition) is 1. The minimum Gasteiger partial charge on any atom is -0.398 e. The van der Waals surface area contributed by atoms with Crippen LogP contribution >= 0.6 is 0 Å². The Bertz CT molecular complexity index is 1170. The van der Waals surface area contributed by atoms with Gasteiger partial charge in [0, 0.05) is 5.69 Å². The summed E-state index contributed by atoms with van der Waals surface area (Å²) >= 11 is 0. The molecule has 0 heterocycles. The third-order valence-corrected chi connectivity index (χ3v) is 16.9. The van der Waals surface area contributed by atoms with Gasteiger partial charge in [0.1, 0.15) is 0 Å². The number of unbranched alkanes of at least 4 members (excludes halogenated alkanes) is 52. The Balaban J connectivity index is 2.84. The third kappa shape index (κ3) is 45.0. The van der Waals surface area contributed by atoms with Crippen molar-refractivity contribution in [2.75, 3.05) is 5.73 Å². The van der Waals surface area contributed by atoms with Gasteiger partial charge >= 0.3 is 0 Å². The molecule has 0 saturated heterocycles. The van der Waals surface area contributed by atoms with Gasteiger partial charge in [-0.1, -0.05) is 362 Å². The van der Waals surface area contributed by atoms with Gasteiger partial charge in [0.05, 0.1) is 0 Å². The van der Waals surface area contributed by atoms with Crippen LogP contribution in [0.25, 0.3) is 0 Å². The Kier molecular flexibility index (Phi) is 54.4. The van der Waals surface area contributed by atoms with E-state index in [1.54, 1.807) is 22.3 Å². The number of aryl methyl sites for hydroxylation is 1. The SMILES string of the molecule is CCCCCCCCCCCCCCCCc1cc(N)c(CCCCCCCCCCCCCCCC)c(CCCCCCCCCCCCCCCC)c1CCCCCCCCCCCCCCCC. The Morgan fingerprint density at radius 3 is 0.592 bits per heavy atom. The molecule has 1 aromatic rings. The summed E-state index contributed by atoms with van der Waals surface area (Å²) in [7, 11) is 0. The summed E-state index contributed by atoms with van der Waals surface area (Å²) < 4.78 is 0. The average molecular weight is 991 g/mol. The van der Waals surface area contributed by atoms with Gasteiger partial charge in [0.25, 0.3) is 0 Å². The molecule has 71 heavy (non-hydrogen) atoms. The number of hydrogen-bond acceptors (Lipinski definition) is 1. The highest BCUT2D eigenvalue weighted by Crippen LogP contribution is 2.32. The molecular formula is C70H135N. The van der Waals surface area contributed by atoms with Crippen LogP contribution in [0.2, 0.25) is 0 Å². The van der Waals surface area contributed by atoms with Crippen LogP contribution in [-0.2, 0) is 25.7 Å². The zero-order valence-corrected chi connectivity index (χ0v) is 50.1. The maximum atomic E-state index is 7.23. The number of nitrogens with two attached hydrogens (primary N) is 1. The van der Waals surface area contributed by atoms with E-state index in [1.807, 2.05) is 0 Å². The molecule has 1 heteroatoms. The normalized spacial score (nSPS) is 11.7. The zero-order chi connectivity index (χ0) is 51.0. The van der Waals surface area contributed by atoms with Crippen LogP contribution in [0.3, 0.4) is 0 Å². The molecule has 0 amide bonds. The number of anilines is 1. The minimum absolute atomic E-state index is 1.16. The van der Waals surface area contributed by atoms with Gasteiger partial charge in [-0.15, -0.1) is 0 Å². The predicted octanol–water partition coefficient (Wildman–Crippen LogP) is 25.4. The van der Waals surface area contributed by atoms with Crippen molar-refractivity contribution in [1.82, 2.24) is 0 Å². The Morgan fingerprint density at radius 1 is 0.197 bits per heavy atom. The van der Waals surface area contributed by atoms with Crippen LogP contribution in [-0.4, -0.2) is 0 Å². The molecular weight excluding hydrogens is 855 g/mol. The van der Waals surface area contributed by atoms with E-state index >= 15 is 0 Å². The molecule has 0 saturated carbocycles. The molecule has 2 N–H and O–H groups in total. The first-order valence-corrected chi connectivity index (χ1v) is 34.1. The summed E-state index contributed by atoms with van der Waals surface area (Å²) in [6, 6.07) is 2.52. The molecule has 420 valence electrons. The molecule has 1 nitrogen and oxygen atoms in total. The Morgan fingerprint density at radius 2 is 0.366 bits per heavy atom. The molecule has 0 spiro atoms. The van der Waals surface area contributed by atoms with Crippen molar-refractivity contribution in [3.63, 3.8) is 0 Å². The summed E-state index contributed by atoms with van der Waals surface area (Å²) in [6.45, 7) is 9.31. The molecule has 0 aliphatic carbocycles. The lowest BCUT2D eigenvalue weighted by Crippen LogP contribution is -2.10. The standard InChI is InChI=1S/C70H135N/c1-5-9-13-17-21-25-29-33-37-41-45-49-53-57-61-66-65-70(71)69(64-60-56-52-48-44-40-36-32-28-24-20-16-12-8-4)68(63-59-55-51-47-43-39-35-31-27-23-19-15-11-7-3)67(66)62-58-54-50-46-42-38-34-30-26-22-18-14-10-6-2/h65H,5-64,71H2,1-4H3. The fourth-order valence-electron chi connectivity index (χ4n) is 12.0. The smallest absolute Gasteiger partial charge is 0.0352 e. The predicted molar refractivity (Wildman–Crippen MR) is 327 cm³/mol. The number of benzene rings is 1. The van der Waals surface area contributed by atoms with E-state index in [0.29, 0.717) is 0 Å². The van der Waals surface area contributed by atoms with Gasteiger partial charge in [0.2, 0.25) is 0 Å². The van der Waals surface area contributed by atoms with Crippen molar-refractivity contribution < 1.29 is 0 Å². The summed E-state index contributed by atoms with van der Waals surface area (Å²) in [5.74, 6) is 0. The van der Waals surface area contributed by atoms with E-state index in [9.17, 15) is 0 Å². The van der Waals surface area contributed by atoms with Crippen LogP contribution in [0.5, 0.6) is 0 Å². The molecule has 0 aromatic heterocycles. The summed E-state index contributed by atoms with van der Waals surface area (Å²) in [5.41, 5.74) is 15.1. The molecule has 1 rings (SSSR count). The van der Waals surface area contributed by atoms with E-state index in [4.69, 9.17) is 5.73 Å². The van der Waals surface area contributed by atoms with Crippen molar-refractivity contribution in [3.05, 3.63) is 28.3 Å². The third-order valence-electron chi connectivity index (χ3n) is 16.9. The lowest BCUT2D eigenvalue weighted by molar-refractivity contribution is 0.532. The van der Waals surface area contributed by atoms with Crippen molar-refractivity contribution in [1.29, 1.82) is 0 Å². The Labute approximate surface area is 450 Å². The van der Waals surface area contributed by atoms with Crippen LogP contribution in [0.1, 0.15) is 410 Å². The molecule has 1 aromatic carbocycles. The Hall–Kier alpha value is -0.980. The lowest BCUT2D eigenvalue weighted by atomic mass is 9.84. The number of rotatable bonds is 60. The maximum Gasteiger partial charge on any atom is 0.0352 e. The molecule has 0 bridgehead atoms.